The SMILES string of the molecule is CC1CCC(C(C)C)C(OC(C)(C(=O)NC2C(=O)N3C2SC(C)(C)C3C(=O)[O-])C(C)C)C1.[Na+]. The monoisotopic (exact) mass is 490 g/mol. The second kappa shape index (κ2) is 10.4. The average Bonchev–Trinajstić information content (AvgIpc) is 2.93. The van der Waals surface area contributed by atoms with Crippen molar-refractivity contribution in [2.75, 3.05) is 0 Å². The zero-order chi connectivity index (χ0) is 24.2. The number of carbonyl (C=O) groups excluding carboxylic acids is 3. The van der Waals surface area contributed by atoms with Crippen molar-refractivity contribution >= 4 is 29.5 Å². The number of ether oxygens (including phenoxy) is 1. The second-order valence-corrected chi connectivity index (χ2v) is 13.0. The van der Waals surface area contributed by atoms with Crippen LogP contribution in [-0.4, -0.2) is 56.6 Å². The zero-order valence-electron chi connectivity index (χ0n) is 21.6. The summed E-state index contributed by atoms with van der Waals surface area (Å²) >= 11 is 1.40. The van der Waals surface area contributed by atoms with Crippen LogP contribution in [0.25, 0.3) is 0 Å². The molecule has 7 nitrogen and oxygen atoms in total. The molecular formula is C24H39N2NaO5S. The molecule has 0 aromatic heterocycles. The number of nitrogens with one attached hydrogen (secondary N) is 1. The van der Waals surface area contributed by atoms with Crippen LogP contribution in [0.15, 0.2) is 0 Å². The summed E-state index contributed by atoms with van der Waals surface area (Å²) in [5, 5.41) is 14.1. The molecule has 9 heteroatoms. The van der Waals surface area contributed by atoms with Gasteiger partial charge in [-0.15, -0.1) is 11.8 Å². The average molecular weight is 491 g/mol. The zero-order valence-corrected chi connectivity index (χ0v) is 24.5. The van der Waals surface area contributed by atoms with Gasteiger partial charge in [-0.2, -0.15) is 0 Å². The molecule has 2 amide bonds. The number of nitrogens with zero attached hydrogens (tertiary/aromatic N) is 1. The predicted molar refractivity (Wildman–Crippen MR) is 122 cm³/mol. The Morgan fingerprint density at radius 1 is 1.24 bits per heavy atom. The van der Waals surface area contributed by atoms with Crippen molar-refractivity contribution < 1.29 is 53.8 Å². The Morgan fingerprint density at radius 3 is 2.36 bits per heavy atom. The van der Waals surface area contributed by atoms with E-state index in [-0.39, 0.29) is 53.4 Å². The Hall–Kier alpha value is -0.280. The van der Waals surface area contributed by atoms with E-state index in [0.717, 1.165) is 12.8 Å². The Bertz CT molecular complexity index is 776. The molecule has 0 aromatic rings. The number of fused-ring (bicyclic) bond motifs is 1. The molecule has 2 heterocycles. The summed E-state index contributed by atoms with van der Waals surface area (Å²) in [4.78, 5) is 39.3. The third-order valence-corrected chi connectivity index (χ3v) is 9.43. The molecule has 33 heavy (non-hydrogen) atoms. The number of rotatable bonds is 7. The van der Waals surface area contributed by atoms with E-state index in [1.54, 1.807) is 13.8 Å². The van der Waals surface area contributed by atoms with Crippen LogP contribution in [0.1, 0.15) is 74.7 Å². The van der Waals surface area contributed by atoms with Gasteiger partial charge >= 0.3 is 29.6 Å². The first-order valence-electron chi connectivity index (χ1n) is 11.9. The molecule has 2 aliphatic heterocycles. The number of carboxylic acid groups (broad SMARTS) is 1. The summed E-state index contributed by atoms with van der Waals surface area (Å²) in [6.07, 6.45) is 3.18. The maximum absolute atomic E-state index is 13.5. The van der Waals surface area contributed by atoms with Gasteiger partial charge in [0, 0.05) is 4.75 Å². The molecule has 182 valence electrons. The van der Waals surface area contributed by atoms with E-state index < -0.39 is 33.8 Å². The van der Waals surface area contributed by atoms with E-state index in [1.165, 1.54) is 23.1 Å². The Morgan fingerprint density at radius 2 is 1.85 bits per heavy atom. The minimum atomic E-state index is -1.26. The molecule has 2 saturated heterocycles. The Kier molecular flexibility index (Phi) is 9.10. The van der Waals surface area contributed by atoms with Gasteiger partial charge in [0.2, 0.25) is 5.91 Å². The summed E-state index contributed by atoms with van der Waals surface area (Å²) in [5.74, 6) is -0.614. The fourth-order valence-corrected chi connectivity index (χ4v) is 7.05. The summed E-state index contributed by atoms with van der Waals surface area (Å²) < 4.78 is 5.93. The second-order valence-electron chi connectivity index (χ2n) is 11.3. The molecule has 1 N–H and O–H groups in total. The van der Waals surface area contributed by atoms with Gasteiger partial charge < -0.3 is 24.9 Å². The van der Waals surface area contributed by atoms with Gasteiger partial charge in [0.1, 0.15) is 17.0 Å². The van der Waals surface area contributed by atoms with Gasteiger partial charge in [-0.25, -0.2) is 0 Å². The Labute approximate surface area is 224 Å². The first-order valence-corrected chi connectivity index (χ1v) is 12.8. The van der Waals surface area contributed by atoms with Gasteiger partial charge in [-0.05, 0) is 57.3 Å². The number of hydrogen-bond donors (Lipinski definition) is 1. The summed E-state index contributed by atoms with van der Waals surface area (Å²) in [6, 6.07) is -1.75. The van der Waals surface area contributed by atoms with Crippen molar-refractivity contribution in [1.82, 2.24) is 10.2 Å². The third-order valence-electron chi connectivity index (χ3n) is 7.86. The number of thioether (sulfide) groups is 1. The van der Waals surface area contributed by atoms with E-state index in [9.17, 15) is 19.5 Å². The minimum Gasteiger partial charge on any atom is -0.548 e. The standard InChI is InChI=1S/C24H40N2O5S.Na/c1-12(2)15-10-9-14(5)11-16(15)31-24(8,13(3)4)22(30)25-17-19(27)26-18(21(28)29)23(6,7)32-20(17)26;/h12-18,20H,9-11H2,1-8H3,(H,25,30)(H,28,29);/q;+1/p-1. The largest absolute Gasteiger partial charge is 1.00 e. The van der Waals surface area contributed by atoms with E-state index in [0.29, 0.717) is 17.8 Å². The predicted octanol–water partition coefficient (Wildman–Crippen LogP) is -0.820. The van der Waals surface area contributed by atoms with E-state index >= 15 is 0 Å². The van der Waals surface area contributed by atoms with Crippen LogP contribution < -0.4 is 40.0 Å². The van der Waals surface area contributed by atoms with Crippen molar-refractivity contribution in [2.24, 2.45) is 23.7 Å². The molecule has 7 atom stereocenters. The van der Waals surface area contributed by atoms with Crippen LogP contribution in [0, 0.1) is 23.7 Å². The number of carboxylic acids is 1. The molecule has 7 unspecified atom stereocenters. The van der Waals surface area contributed by atoms with Crippen molar-refractivity contribution in [3.05, 3.63) is 0 Å². The normalized spacial score (nSPS) is 34.8. The quantitative estimate of drug-likeness (QED) is 0.370. The fourth-order valence-electron chi connectivity index (χ4n) is 5.43. The van der Waals surface area contributed by atoms with Gasteiger partial charge in [0.25, 0.3) is 5.91 Å². The third kappa shape index (κ3) is 5.30. The van der Waals surface area contributed by atoms with Crippen LogP contribution in [0.5, 0.6) is 0 Å². The van der Waals surface area contributed by atoms with E-state index in [1.807, 2.05) is 20.8 Å². The molecule has 1 saturated carbocycles. The van der Waals surface area contributed by atoms with Crippen LogP contribution in [0.3, 0.4) is 0 Å². The van der Waals surface area contributed by atoms with Gasteiger partial charge in [-0.1, -0.05) is 41.0 Å². The topological polar surface area (TPSA) is 98.8 Å². The van der Waals surface area contributed by atoms with Gasteiger partial charge in [0.15, 0.2) is 0 Å². The van der Waals surface area contributed by atoms with Crippen molar-refractivity contribution in [3.8, 4) is 0 Å². The van der Waals surface area contributed by atoms with Gasteiger partial charge in [-0.3, -0.25) is 9.59 Å². The molecule has 1 aliphatic carbocycles. The molecule has 3 rings (SSSR count). The number of aliphatic carboxylic acids is 1. The summed E-state index contributed by atoms with van der Waals surface area (Å²) in [7, 11) is 0. The molecule has 3 fully saturated rings. The van der Waals surface area contributed by atoms with Gasteiger partial charge in [0.05, 0.1) is 18.1 Å². The number of amides is 2. The maximum Gasteiger partial charge on any atom is 1.00 e. The summed E-state index contributed by atoms with van der Waals surface area (Å²) in [5.41, 5.74) is -1.08. The van der Waals surface area contributed by atoms with Crippen LogP contribution in [0.4, 0.5) is 0 Å². The maximum atomic E-state index is 13.5. The smallest absolute Gasteiger partial charge is 0.548 e. The van der Waals surface area contributed by atoms with Crippen molar-refractivity contribution in [2.45, 2.75) is 109 Å². The molecule has 3 aliphatic rings. The van der Waals surface area contributed by atoms with Crippen LogP contribution in [-0.2, 0) is 19.1 Å². The molecular weight excluding hydrogens is 451 g/mol. The molecule has 0 radical (unpaired) electrons. The fraction of sp³-hybridized carbons (Fsp3) is 0.875. The van der Waals surface area contributed by atoms with Crippen LogP contribution >= 0.6 is 11.8 Å². The molecule has 0 bridgehead atoms. The van der Waals surface area contributed by atoms with E-state index in [2.05, 4.69) is 26.1 Å². The minimum absolute atomic E-state index is 0. The van der Waals surface area contributed by atoms with Crippen molar-refractivity contribution in [3.63, 3.8) is 0 Å². The van der Waals surface area contributed by atoms with Crippen molar-refractivity contribution in [1.29, 1.82) is 0 Å². The molecule has 0 aromatic carbocycles. The number of β-lactam (4-membered cyclic amide) rings is 1. The number of carbonyl (C=O) groups is 3. The van der Waals surface area contributed by atoms with E-state index in [4.69, 9.17) is 4.74 Å². The summed E-state index contributed by atoms with van der Waals surface area (Å²) in [6.45, 7) is 16.0. The van der Waals surface area contributed by atoms with Crippen LogP contribution in [0.2, 0.25) is 0 Å². The first-order chi connectivity index (χ1) is 14.7. The number of hydrogen-bond acceptors (Lipinski definition) is 6. The first kappa shape index (κ1) is 29.0. The molecule has 0 spiro atoms. The Balaban J connectivity index is 0.00000385.